The summed E-state index contributed by atoms with van der Waals surface area (Å²) in [6, 6.07) is 0. The Labute approximate surface area is 109 Å². The lowest BCUT2D eigenvalue weighted by molar-refractivity contribution is -0.150. The maximum atomic E-state index is 11.6. The highest BCUT2D eigenvalue weighted by Gasteiger charge is 2.25. The van der Waals surface area contributed by atoms with Crippen molar-refractivity contribution in [1.29, 1.82) is 0 Å². The Morgan fingerprint density at radius 3 is 2.33 bits per heavy atom. The molecular formula is C15H22O3. The van der Waals surface area contributed by atoms with E-state index in [0.29, 0.717) is 18.6 Å². The second-order valence-electron chi connectivity index (χ2n) is 4.40. The molecule has 0 aliphatic heterocycles. The van der Waals surface area contributed by atoms with Crippen LogP contribution in [-0.4, -0.2) is 18.4 Å². The van der Waals surface area contributed by atoms with E-state index >= 15 is 0 Å². The molecule has 0 heterocycles. The lowest BCUT2D eigenvalue weighted by Gasteiger charge is -2.17. The van der Waals surface area contributed by atoms with Gasteiger partial charge in [0.05, 0.1) is 12.0 Å². The maximum Gasteiger partial charge on any atom is 0.315 e. The molecule has 0 fully saturated rings. The van der Waals surface area contributed by atoms with E-state index in [9.17, 15) is 9.59 Å². The van der Waals surface area contributed by atoms with Gasteiger partial charge in [0.1, 0.15) is 0 Å². The average Bonchev–Trinajstić information content (AvgIpc) is 2.34. The summed E-state index contributed by atoms with van der Waals surface area (Å²) in [5.74, 6) is -0.250. The molecule has 0 aliphatic rings. The van der Waals surface area contributed by atoms with Crippen molar-refractivity contribution in [2.75, 3.05) is 6.61 Å². The third-order valence-electron chi connectivity index (χ3n) is 2.45. The molecule has 0 aromatic rings. The summed E-state index contributed by atoms with van der Waals surface area (Å²) in [4.78, 5) is 23.1. The van der Waals surface area contributed by atoms with E-state index in [1.54, 1.807) is 45.9 Å². The molecule has 100 valence electrons. The highest BCUT2D eigenvalue weighted by molar-refractivity contribution is 5.97. The van der Waals surface area contributed by atoms with Crippen LogP contribution in [0.15, 0.2) is 36.5 Å². The minimum Gasteiger partial charge on any atom is -0.465 e. The molecule has 0 aliphatic carbocycles. The topological polar surface area (TPSA) is 43.4 Å². The van der Waals surface area contributed by atoms with E-state index in [-0.39, 0.29) is 11.8 Å². The predicted octanol–water partition coefficient (Wildman–Crippen LogP) is 3.22. The number of carbonyl (C=O) groups excluding carboxylic acids is 2. The number of rotatable bonds is 7. The molecule has 0 radical (unpaired) electrons. The van der Waals surface area contributed by atoms with Crippen molar-refractivity contribution in [3.8, 4) is 0 Å². The van der Waals surface area contributed by atoms with Gasteiger partial charge in [-0.15, -0.1) is 0 Å². The number of allylic oxidation sites excluding steroid dienone is 4. The van der Waals surface area contributed by atoms with Crippen molar-refractivity contribution >= 4 is 11.8 Å². The van der Waals surface area contributed by atoms with Gasteiger partial charge in [0.2, 0.25) is 0 Å². The number of hydrogen-bond donors (Lipinski definition) is 0. The molecule has 0 aromatic carbocycles. The SMILES string of the molecule is C=C/C(=C\C=C\C(C)(C)C(=O)OCC)C(=O)CC. The molecule has 0 unspecified atom stereocenters. The van der Waals surface area contributed by atoms with Gasteiger partial charge in [-0.2, -0.15) is 0 Å². The van der Waals surface area contributed by atoms with Gasteiger partial charge in [-0.1, -0.05) is 37.8 Å². The Morgan fingerprint density at radius 1 is 1.28 bits per heavy atom. The van der Waals surface area contributed by atoms with Crippen molar-refractivity contribution in [3.05, 3.63) is 36.5 Å². The fraction of sp³-hybridized carbons (Fsp3) is 0.467. The first-order valence-corrected chi connectivity index (χ1v) is 6.11. The normalized spacial score (nSPS) is 12.6. The maximum absolute atomic E-state index is 11.6. The van der Waals surface area contributed by atoms with E-state index in [1.165, 1.54) is 6.08 Å². The fourth-order valence-corrected chi connectivity index (χ4v) is 1.26. The number of ketones is 1. The second kappa shape index (κ2) is 7.64. The molecule has 3 nitrogen and oxygen atoms in total. The molecule has 18 heavy (non-hydrogen) atoms. The summed E-state index contributed by atoms with van der Waals surface area (Å²) in [6.45, 7) is 11.1. The summed E-state index contributed by atoms with van der Waals surface area (Å²) >= 11 is 0. The first-order valence-electron chi connectivity index (χ1n) is 6.11. The van der Waals surface area contributed by atoms with Crippen molar-refractivity contribution < 1.29 is 14.3 Å². The Morgan fingerprint density at radius 2 is 1.89 bits per heavy atom. The molecule has 0 aromatic heterocycles. The van der Waals surface area contributed by atoms with Gasteiger partial charge >= 0.3 is 5.97 Å². The Kier molecular flexibility index (Phi) is 6.94. The number of hydrogen-bond acceptors (Lipinski definition) is 3. The Balaban J connectivity index is 4.82. The molecule has 0 rings (SSSR count). The first-order chi connectivity index (χ1) is 8.38. The molecule has 0 amide bonds. The van der Waals surface area contributed by atoms with Crippen molar-refractivity contribution in [2.45, 2.75) is 34.1 Å². The van der Waals surface area contributed by atoms with Crippen LogP contribution >= 0.6 is 0 Å². The first kappa shape index (κ1) is 16.4. The van der Waals surface area contributed by atoms with Crippen molar-refractivity contribution in [3.63, 3.8) is 0 Å². The van der Waals surface area contributed by atoms with Crippen LogP contribution < -0.4 is 0 Å². The van der Waals surface area contributed by atoms with Crippen LogP contribution in [0.4, 0.5) is 0 Å². The quantitative estimate of drug-likeness (QED) is 0.396. The summed E-state index contributed by atoms with van der Waals surface area (Å²) in [5, 5.41) is 0. The minimum absolute atomic E-state index is 0.0311. The van der Waals surface area contributed by atoms with Gasteiger partial charge in [-0.3, -0.25) is 9.59 Å². The van der Waals surface area contributed by atoms with Gasteiger partial charge in [-0.05, 0) is 20.8 Å². The van der Waals surface area contributed by atoms with E-state index in [4.69, 9.17) is 4.74 Å². The molecule has 3 heteroatoms. The molecule has 0 spiro atoms. The summed E-state index contributed by atoms with van der Waals surface area (Å²) in [5.41, 5.74) is -0.151. The molecule has 0 atom stereocenters. The lowest BCUT2D eigenvalue weighted by atomic mass is 9.93. The summed E-state index contributed by atoms with van der Waals surface area (Å²) in [7, 11) is 0. The zero-order valence-corrected chi connectivity index (χ0v) is 11.7. The fourth-order valence-electron chi connectivity index (χ4n) is 1.26. The van der Waals surface area contributed by atoms with E-state index in [1.807, 2.05) is 0 Å². The van der Waals surface area contributed by atoms with E-state index in [0.717, 1.165) is 0 Å². The summed E-state index contributed by atoms with van der Waals surface area (Å²) < 4.78 is 4.96. The van der Waals surface area contributed by atoms with E-state index < -0.39 is 5.41 Å². The molecule has 0 bridgehead atoms. The molecule has 0 saturated carbocycles. The molecule has 0 N–H and O–H groups in total. The van der Waals surface area contributed by atoms with Gasteiger partial charge < -0.3 is 4.74 Å². The number of ether oxygens (including phenoxy) is 1. The second-order valence-corrected chi connectivity index (χ2v) is 4.40. The zero-order chi connectivity index (χ0) is 14.2. The van der Waals surface area contributed by atoms with Crippen molar-refractivity contribution in [2.24, 2.45) is 5.41 Å². The van der Waals surface area contributed by atoms with Crippen LogP contribution in [0.5, 0.6) is 0 Å². The van der Waals surface area contributed by atoms with Gasteiger partial charge in [0, 0.05) is 12.0 Å². The number of carbonyl (C=O) groups is 2. The van der Waals surface area contributed by atoms with Crippen molar-refractivity contribution in [1.82, 2.24) is 0 Å². The Hall–Kier alpha value is -1.64. The van der Waals surface area contributed by atoms with Crippen LogP contribution in [0.3, 0.4) is 0 Å². The Bertz CT molecular complexity index is 373. The highest BCUT2D eigenvalue weighted by Crippen LogP contribution is 2.19. The van der Waals surface area contributed by atoms with Crippen LogP contribution in [0.2, 0.25) is 0 Å². The largest absolute Gasteiger partial charge is 0.465 e. The third-order valence-corrected chi connectivity index (χ3v) is 2.45. The van der Waals surface area contributed by atoms with Gasteiger partial charge in [0.15, 0.2) is 5.78 Å². The monoisotopic (exact) mass is 250 g/mol. The van der Waals surface area contributed by atoms with Crippen LogP contribution in [-0.2, 0) is 14.3 Å². The van der Waals surface area contributed by atoms with Crippen LogP contribution in [0.1, 0.15) is 34.1 Å². The smallest absolute Gasteiger partial charge is 0.315 e. The summed E-state index contributed by atoms with van der Waals surface area (Å²) in [6.07, 6.45) is 7.04. The van der Waals surface area contributed by atoms with Crippen LogP contribution in [0.25, 0.3) is 0 Å². The van der Waals surface area contributed by atoms with Gasteiger partial charge in [0.25, 0.3) is 0 Å². The highest BCUT2D eigenvalue weighted by atomic mass is 16.5. The van der Waals surface area contributed by atoms with E-state index in [2.05, 4.69) is 6.58 Å². The number of esters is 1. The predicted molar refractivity (Wildman–Crippen MR) is 73.1 cm³/mol. The minimum atomic E-state index is -0.700. The van der Waals surface area contributed by atoms with Crippen LogP contribution in [0, 0.1) is 5.41 Å². The molecular weight excluding hydrogens is 228 g/mol. The zero-order valence-electron chi connectivity index (χ0n) is 11.7. The molecule has 0 saturated heterocycles. The standard InChI is InChI=1S/C15H22O3/c1-6-12(13(16)7-2)10-9-11-15(4,5)14(17)18-8-3/h6,9-11H,1,7-8H2,2-5H3/b11-9+,12-10+. The third kappa shape index (κ3) is 5.13. The lowest BCUT2D eigenvalue weighted by Crippen LogP contribution is -2.24. The number of Topliss-reactive ketones (excluding diaryl/α,β-unsaturated/α-hetero) is 1. The average molecular weight is 250 g/mol. The van der Waals surface area contributed by atoms with Gasteiger partial charge in [-0.25, -0.2) is 0 Å².